The molecule has 0 bridgehead atoms. The van der Waals surface area contributed by atoms with E-state index in [1.165, 1.54) is 0 Å². The van der Waals surface area contributed by atoms with Crippen LogP contribution in [0.3, 0.4) is 0 Å². The van der Waals surface area contributed by atoms with Crippen molar-refractivity contribution in [3.05, 3.63) is 58.6 Å². The number of carbonyl (C=O) groups excluding carboxylic acids is 3. The zero-order valence-corrected chi connectivity index (χ0v) is 15.8. The molecule has 1 heterocycles. The van der Waals surface area contributed by atoms with Crippen LogP contribution >= 0.6 is 11.6 Å². The van der Waals surface area contributed by atoms with Crippen LogP contribution in [0.15, 0.2) is 42.5 Å². The molecule has 0 spiro atoms. The topological polar surface area (TPSA) is 93.7 Å². The molecule has 2 aromatic carbocycles. The van der Waals surface area contributed by atoms with Gasteiger partial charge in [0.05, 0.1) is 0 Å². The van der Waals surface area contributed by atoms with Crippen molar-refractivity contribution in [1.82, 2.24) is 5.32 Å². The largest absolute Gasteiger partial charge is 0.482 e. The number of nitrogens with one attached hydrogen (secondary N) is 2. The van der Waals surface area contributed by atoms with E-state index in [2.05, 4.69) is 10.6 Å². The van der Waals surface area contributed by atoms with Crippen LogP contribution in [0.5, 0.6) is 5.75 Å². The van der Waals surface area contributed by atoms with Crippen molar-refractivity contribution in [2.24, 2.45) is 0 Å². The third-order valence-electron chi connectivity index (χ3n) is 4.10. The molecule has 0 aliphatic carbocycles. The summed E-state index contributed by atoms with van der Waals surface area (Å²) < 4.78 is 10.3. The van der Waals surface area contributed by atoms with Crippen molar-refractivity contribution in [2.75, 3.05) is 18.5 Å². The van der Waals surface area contributed by atoms with E-state index >= 15 is 0 Å². The van der Waals surface area contributed by atoms with Crippen molar-refractivity contribution in [1.29, 1.82) is 0 Å². The molecule has 7 nitrogen and oxygen atoms in total. The lowest BCUT2D eigenvalue weighted by molar-refractivity contribution is -0.150. The third kappa shape index (κ3) is 5.72. The molecule has 2 N–H and O–H groups in total. The summed E-state index contributed by atoms with van der Waals surface area (Å²) in [5.74, 6) is -0.571. The van der Waals surface area contributed by atoms with Crippen molar-refractivity contribution in [2.45, 2.75) is 19.4 Å². The Morgan fingerprint density at radius 3 is 2.64 bits per heavy atom. The van der Waals surface area contributed by atoms with E-state index in [1.54, 1.807) is 42.5 Å². The van der Waals surface area contributed by atoms with E-state index < -0.39 is 11.9 Å². The average molecular weight is 403 g/mol. The fraction of sp³-hybridized carbons (Fsp3) is 0.250. The molecule has 0 saturated heterocycles. The average Bonchev–Trinajstić information content (AvgIpc) is 2.70. The molecule has 146 valence electrons. The van der Waals surface area contributed by atoms with Gasteiger partial charge in [-0.3, -0.25) is 9.59 Å². The number of hydrogen-bond donors (Lipinski definition) is 2. The van der Waals surface area contributed by atoms with Gasteiger partial charge in [0.2, 0.25) is 5.91 Å². The highest BCUT2D eigenvalue weighted by atomic mass is 35.5. The van der Waals surface area contributed by atoms with Crippen LogP contribution in [-0.4, -0.2) is 31.0 Å². The molecule has 0 atom stereocenters. The molecule has 3 rings (SSSR count). The Labute approximate surface area is 167 Å². The molecular formula is C20H19ClN2O5. The second-order valence-corrected chi connectivity index (χ2v) is 6.66. The Morgan fingerprint density at radius 1 is 1.07 bits per heavy atom. The predicted molar refractivity (Wildman–Crippen MR) is 103 cm³/mol. The summed E-state index contributed by atoms with van der Waals surface area (Å²) in [5.41, 5.74) is 2.59. The molecule has 0 aromatic heterocycles. The minimum absolute atomic E-state index is 0.0147. The van der Waals surface area contributed by atoms with Gasteiger partial charge in [-0.1, -0.05) is 23.7 Å². The Kier molecular flexibility index (Phi) is 6.49. The fourth-order valence-electron chi connectivity index (χ4n) is 2.63. The predicted octanol–water partition coefficient (Wildman–Crippen LogP) is 2.46. The number of hydrogen-bond acceptors (Lipinski definition) is 5. The van der Waals surface area contributed by atoms with Gasteiger partial charge in [-0.25, -0.2) is 4.79 Å². The van der Waals surface area contributed by atoms with Crippen molar-refractivity contribution in [3.63, 3.8) is 0 Å². The zero-order chi connectivity index (χ0) is 19.9. The summed E-state index contributed by atoms with van der Waals surface area (Å²) in [6.45, 7) is -0.378. The monoisotopic (exact) mass is 402 g/mol. The van der Waals surface area contributed by atoms with Gasteiger partial charge < -0.3 is 20.1 Å². The first kappa shape index (κ1) is 19.7. The number of fused-ring (bicyclic) bond motifs is 1. The minimum atomic E-state index is -0.646. The van der Waals surface area contributed by atoms with Crippen LogP contribution in [-0.2, 0) is 32.1 Å². The van der Waals surface area contributed by atoms with Crippen LogP contribution < -0.4 is 15.4 Å². The first-order valence-corrected chi connectivity index (χ1v) is 9.10. The van der Waals surface area contributed by atoms with Gasteiger partial charge in [-0.05, 0) is 47.9 Å². The lowest BCUT2D eigenvalue weighted by Crippen LogP contribution is -2.29. The maximum Gasteiger partial charge on any atom is 0.344 e. The molecule has 2 amide bonds. The number of benzene rings is 2. The lowest BCUT2D eigenvalue weighted by Gasteiger charge is -2.17. The molecule has 2 aromatic rings. The quantitative estimate of drug-likeness (QED) is 0.694. The van der Waals surface area contributed by atoms with Crippen LogP contribution in [0.2, 0.25) is 5.02 Å². The third-order valence-corrected chi connectivity index (χ3v) is 4.35. The maximum atomic E-state index is 11.8. The van der Waals surface area contributed by atoms with Crippen molar-refractivity contribution in [3.8, 4) is 5.75 Å². The number of carbonyl (C=O) groups is 3. The lowest BCUT2D eigenvalue weighted by atomic mass is 10.0. The van der Waals surface area contributed by atoms with Crippen LogP contribution in [0.4, 0.5) is 5.69 Å². The van der Waals surface area contributed by atoms with Crippen molar-refractivity contribution < 1.29 is 23.9 Å². The second kappa shape index (κ2) is 9.23. The van der Waals surface area contributed by atoms with Crippen LogP contribution in [0.25, 0.3) is 0 Å². The van der Waals surface area contributed by atoms with Gasteiger partial charge in [0, 0.05) is 23.7 Å². The highest BCUT2D eigenvalue weighted by Crippen LogP contribution is 2.26. The van der Waals surface area contributed by atoms with Gasteiger partial charge in [-0.2, -0.15) is 0 Å². The Balaban J connectivity index is 1.38. The van der Waals surface area contributed by atoms with Gasteiger partial charge in [0.25, 0.3) is 5.91 Å². The van der Waals surface area contributed by atoms with E-state index in [-0.39, 0.29) is 19.1 Å². The molecule has 0 radical (unpaired) electrons. The Morgan fingerprint density at radius 2 is 1.86 bits per heavy atom. The Bertz CT molecular complexity index is 883. The van der Waals surface area contributed by atoms with Gasteiger partial charge >= 0.3 is 5.97 Å². The number of halogens is 1. The number of anilines is 1. The van der Waals surface area contributed by atoms with Crippen LogP contribution in [0, 0.1) is 0 Å². The number of esters is 1. The molecule has 8 heteroatoms. The molecule has 1 aliphatic rings. The van der Waals surface area contributed by atoms with Gasteiger partial charge in [-0.15, -0.1) is 0 Å². The number of amides is 2. The maximum absolute atomic E-state index is 11.8. The summed E-state index contributed by atoms with van der Waals surface area (Å²) in [5, 5.41) is 6.04. The van der Waals surface area contributed by atoms with Crippen molar-refractivity contribution >= 4 is 35.1 Å². The van der Waals surface area contributed by atoms with E-state index in [0.717, 1.165) is 16.8 Å². The summed E-state index contributed by atoms with van der Waals surface area (Å²) >= 11 is 5.80. The van der Waals surface area contributed by atoms with E-state index in [4.69, 9.17) is 21.1 Å². The zero-order valence-electron chi connectivity index (χ0n) is 15.0. The molecule has 1 aliphatic heterocycles. The standard InChI is InChI=1S/C20H19ClN2O5/c21-15-4-1-13(2-5-15)10-22-19(25)11-28-20(26)12-27-16-6-7-17-14(9-16)3-8-18(24)23-17/h1-2,4-7,9H,3,8,10-12H2,(H,22,25)(H,23,24). The van der Waals surface area contributed by atoms with Crippen LogP contribution in [0.1, 0.15) is 17.5 Å². The smallest absolute Gasteiger partial charge is 0.344 e. The molecule has 0 unspecified atom stereocenters. The number of ether oxygens (including phenoxy) is 2. The summed E-state index contributed by atoms with van der Waals surface area (Å²) in [7, 11) is 0. The summed E-state index contributed by atoms with van der Waals surface area (Å²) in [6.07, 6.45) is 1.04. The summed E-state index contributed by atoms with van der Waals surface area (Å²) in [6, 6.07) is 12.2. The van der Waals surface area contributed by atoms with Gasteiger partial charge in [0.15, 0.2) is 13.2 Å². The SMILES string of the molecule is O=C(COC(=O)COc1ccc2c(c1)CCC(=O)N2)NCc1ccc(Cl)cc1. The molecule has 0 saturated carbocycles. The van der Waals surface area contributed by atoms with E-state index in [9.17, 15) is 14.4 Å². The second-order valence-electron chi connectivity index (χ2n) is 6.22. The molecule has 0 fully saturated rings. The minimum Gasteiger partial charge on any atom is -0.482 e. The number of aryl methyl sites for hydroxylation is 1. The Hall–Kier alpha value is -3.06. The molecular weight excluding hydrogens is 384 g/mol. The van der Waals surface area contributed by atoms with Gasteiger partial charge in [0.1, 0.15) is 5.75 Å². The molecule has 28 heavy (non-hydrogen) atoms. The first-order valence-electron chi connectivity index (χ1n) is 8.72. The number of rotatable bonds is 7. The highest BCUT2D eigenvalue weighted by Gasteiger charge is 2.15. The highest BCUT2D eigenvalue weighted by molar-refractivity contribution is 6.30. The first-order chi connectivity index (χ1) is 13.5. The normalized spacial score (nSPS) is 12.5. The van der Waals surface area contributed by atoms with E-state index in [0.29, 0.717) is 30.2 Å². The fourth-order valence-corrected chi connectivity index (χ4v) is 2.76. The summed E-state index contributed by atoms with van der Waals surface area (Å²) in [4.78, 5) is 34.9. The van der Waals surface area contributed by atoms with E-state index in [1.807, 2.05) is 0 Å².